The van der Waals surface area contributed by atoms with Gasteiger partial charge >= 0.3 is 0 Å². The third kappa shape index (κ3) is 4.50. The lowest BCUT2D eigenvalue weighted by molar-refractivity contribution is 0.938. The summed E-state index contributed by atoms with van der Waals surface area (Å²) in [5.74, 6) is 0.278. The standard InChI is InChI=1S/C25H28.C2H6/c1-16-12-19(4)24(20(5)13-16)25(22-10-8-7-9-11-22)23-14-17(2)21(6)18(3)15-23;1-2/h7-15,25H,1-6H3;1-2H3. The van der Waals surface area contributed by atoms with Gasteiger partial charge in [0.15, 0.2) is 0 Å². The largest absolute Gasteiger partial charge is 0.0683 e. The summed E-state index contributed by atoms with van der Waals surface area (Å²) in [4.78, 5) is 0. The molecular weight excluding hydrogens is 324 g/mol. The molecule has 0 spiro atoms. The molecule has 142 valence electrons. The molecule has 3 aromatic carbocycles. The molecule has 0 fully saturated rings. The number of rotatable bonds is 3. The van der Waals surface area contributed by atoms with Gasteiger partial charge in [-0.3, -0.25) is 0 Å². The third-order valence-electron chi connectivity index (χ3n) is 5.44. The van der Waals surface area contributed by atoms with Crippen LogP contribution in [0, 0.1) is 41.5 Å². The van der Waals surface area contributed by atoms with Crippen LogP contribution >= 0.6 is 0 Å². The molecule has 0 aliphatic carbocycles. The topological polar surface area (TPSA) is 0 Å². The van der Waals surface area contributed by atoms with Crippen molar-refractivity contribution in [2.45, 2.75) is 61.3 Å². The Labute approximate surface area is 166 Å². The average Bonchev–Trinajstić information content (AvgIpc) is 2.64. The normalized spacial score (nSPS) is 11.6. The highest BCUT2D eigenvalue weighted by Gasteiger charge is 2.21. The molecule has 0 aromatic heterocycles. The van der Waals surface area contributed by atoms with Crippen LogP contribution in [0.3, 0.4) is 0 Å². The van der Waals surface area contributed by atoms with Gasteiger partial charge in [0.2, 0.25) is 0 Å². The Hall–Kier alpha value is -2.34. The second kappa shape index (κ2) is 9.04. The third-order valence-corrected chi connectivity index (χ3v) is 5.44. The Balaban J connectivity index is 0.00000126. The van der Waals surface area contributed by atoms with Crippen molar-refractivity contribution < 1.29 is 0 Å². The molecule has 3 rings (SSSR count). The summed E-state index contributed by atoms with van der Waals surface area (Å²) >= 11 is 0. The molecule has 0 amide bonds. The maximum atomic E-state index is 2.37. The van der Waals surface area contributed by atoms with Crippen LogP contribution in [0.1, 0.15) is 69.8 Å². The monoisotopic (exact) mass is 358 g/mol. The molecule has 0 saturated heterocycles. The summed E-state index contributed by atoms with van der Waals surface area (Å²) in [6.07, 6.45) is 0. The van der Waals surface area contributed by atoms with Crippen LogP contribution in [0.25, 0.3) is 0 Å². The van der Waals surface area contributed by atoms with Crippen LogP contribution in [-0.4, -0.2) is 0 Å². The smallest absolute Gasteiger partial charge is 0.0345 e. The van der Waals surface area contributed by atoms with Crippen LogP contribution in [0.4, 0.5) is 0 Å². The van der Waals surface area contributed by atoms with Crippen molar-refractivity contribution >= 4 is 0 Å². The minimum absolute atomic E-state index is 0.278. The predicted molar refractivity (Wildman–Crippen MR) is 120 cm³/mol. The van der Waals surface area contributed by atoms with Crippen LogP contribution < -0.4 is 0 Å². The van der Waals surface area contributed by atoms with E-state index in [0.29, 0.717) is 0 Å². The fourth-order valence-corrected chi connectivity index (χ4v) is 4.05. The molecule has 1 atom stereocenters. The Morgan fingerprint density at radius 2 is 1.04 bits per heavy atom. The van der Waals surface area contributed by atoms with E-state index in [1.54, 1.807) is 0 Å². The molecule has 0 aliphatic rings. The highest BCUT2D eigenvalue weighted by molar-refractivity contribution is 5.52. The summed E-state index contributed by atoms with van der Waals surface area (Å²) in [6, 6.07) is 20.3. The van der Waals surface area contributed by atoms with Gasteiger partial charge in [-0.2, -0.15) is 0 Å². The second-order valence-electron chi connectivity index (χ2n) is 7.44. The molecule has 3 aromatic rings. The van der Waals surface area contributed by atoms with Crippen LogP contribution in [0.15, 0.2) is 54.6 Å². The van der Waals surface area contributed by atoms with Crippen molar-refractivity contribution in [2.24, 2.45) is 0 Å². The minimum atomic E-state index is 0.278. The Morgan fingerprint density at radius 3 is 1.52 bits per heavy atom. The highest BCUT2D eigenvalue weighted by Crippen LogP contribution is 2.37. The van der Waals surface area contributed by atoms with Gasteiger partial charge in [-0.15, -0.1) is 0 Å². The van der Waals surface area contributed by atoms with Gasteiger partial charge in [0, 0.05) is 5.92 Å². The minimum Gasteiger partial charge on any atom is -0.0683 e. The highest BCUT2D eigenvalue weighted by atomic mass is 14.2. The Morgan fingerprint density at radius 1 is 0.556 bits per heavy atom. The lowest BCUT2D eigenvalue weighted by Crippen LogP contribution is -2.09. The molecule has 0 bridgehead atoms. The Bertz CT molecular complexity index is 855. The number of benzene rings is 3. The van der Waals surface area contributed by atoms with Crippen LogP contribution in [0.5, 0.6) is 0 Å². The van der Waals surface area contributed by atoms with E-state index < -0.39 is 0 Å². The van der Waals surface area contributed by atoms with E-state index >= 15 is 0 Å². The molecule has 0 N–H and O–H groups in total. The van der Waals surface area contributed by atoms with E-state index in [0.717, 1.165) is 0 Å². The van der Waals surface area contributed by atoms with Crippen molar-refractivity contribution in [1.82, 2.24) is 0 Å². The molecule has 0 radical (unpaired) electrons. The summed E-state index contributed by atoms with van der Waals surface area (Å²) in [7, 11) is 0. The van der Waals surface area contributed by atoms with E-state index in [2.05, 4.69) is 96.1 Å². The fraction of sp³-hybridized carbons (Fsp3) is 0.333. The van der Waals surface area contributed by atoms with Gasteiger partial charge < -0.3 is 0 Å². The lowest BCUT2D eigenvalue weighted by Gasteiger charge is -2.25. The molecule has 0 aliphatic heterocycles. The molecule has 0 heteroatoms. The van der Waals surface area contributed by atoms with Gasteiger partial charge in [-0.1, -0.05) is 74.0 Å². The van der Waals surface area contributed by atoms with Gasteiger partial charge in [-0.25, -0.2) is 0 Å². The quantitative estimate of drug-likeness (QED) is 0.420. The van der Waals surface area contributed by atoms with Crippen LogP contribution in [0.2, 0.25) is 0 Å². The predicted octanol–water partition coefficient (Wildman–Crippen LogP) is 7.74. The van der Waals surface area contributed by atoms with Gasteiger partial charge in [0.05, 0.1) is 0 Å². The average molecular weight is 359 g/mol. The molecular formula is C27H34. The first-order valence-corrected chi connectivity index (χ1v) is 10.1. The molecule has 27 heavy (non-hydrogen) atoms. The second-order valence-corrected chi connectivity index (χ2v) is 7.44. The van der Waals surface area contributed by atoms with Crippen molar-refractivity contribution in [3.05, 3.63) is 105 Å². The first-order valence-electron chi connectivity index (χ1n) is 10.1. The molecule has 0 heterocycles. The van der Waals surface area contributed by atoms with E-state index in [1.807, 2.05) is 13.8 Å². The van der Waals surface area contributed by atoms with Crippen LogP contribution in [-0.2, 0) is 0 Å². The molecule has 0 nitrogen and oxygen atoms in total. The van der Waals surface area contributed by atoms with E-state index in [4.69, 9.17) is 0 Å². The molecule has 1 unspecified atom stereocenters. The SMILES string of the molecule is CC.Cc1cc(C)c(C(c2ccccc2)c2cc(C)c(C)c(C)c2)c(C)c1. The van der Waals surface area contributed by atoms with Crippen molar-refractivity contribution in [2.75, 3.05) is 0 Å². The summed E-state index contributed by atoms with van der Waals surface area (Å²) < 4.78 is 0. The zero-order chi connectivity index (χ0) is 20.1. The number of hydrogen-bond acceptors (Lipinski definition) is 0. The summed E-state index contributed by atoms with van der Waals surface area (Å²) in [5.41, 5.74) is 12.4. The van der Waals surface area contributed by atoms with Gasteiger partial charge in [-0.05, 0) is 86.1 Å². The van der Waals surface area contributed by atoms with Gasteiger partial charge in [0.1, 0.15) is 0 Å². The zero-order valence-corrected chi connectivity index (χ0v) is 18.3. The number of hydrogen-bond donors (Lipinski definition) is 0. The number of aryl methyl sites for hydroxylation is 5. The first-order chi connectivity index (χ1) is 12.9. The van der Waals surface area contributed by atoms with E-state index in [1.165, 1.54) is 50.1 Å². The fourth-order valence-electron chi connectivity index (χ4n) is 4.05. The van der Waals surface area contributed by atoms with Crippen molar-refractivity contribution in [3.63, 3.8) is 0 Å². The maximum Gasteiger partial charge on any atom is 0.0345 e. The molecule has 0 saturated carbocycles. The summed E-state index contributed by atoms with van der Waals surface area (Å²) in [6.45, 7) is 17.3. The lowest BCUT2D eigenvalue weighted by atomic mass is 9.79. The van der Waals surface area contributed by atoms with Crippen molar-refractivity contribution in [3.8, 4) is 0 Å². The summed E-state index contributed by atoms with van der Waals surface area (Å²) in [5, 5.41) is 0. The van der Waals surface area contributed by atoms with Crippen molar-refractivity contribution in [1.29, 1.82) is 0 Å². The Kier molecular flexibility index (Phi) is 7.02. The first kappa shape index (κ1) is 21.0. The maximum absolute atomic E-state index is 2.37. The van der Waals surface area contributed by atoms with E-state index in [9.17, 15) is 0 Å². The van der Waals surface area contributed by atoms with Gasteiger partial charge in [0.25, 0.3) is 0 Å². The van der Waals surface area contributed by atoms with E-state index in [-0.39, 0.29) is 5.92 Å². The zero-order valence-electron chi connectivity index (χ0n) is 18.3.